The number of carboxylic acids is 1. The van der Waals surface area contributed by atoms with Gasteiger partial charge in [-0.2, -0.15) is 0 Å². The SMILES string of the molecule is CC(N)C(=O)NC(C)C(=O)NC(C(=O)NC(C)C(=O)O)C(C)O. The van der Waals surface area contributed by atoms with Gasteiger partial charge in [-0.15, -0.1) is 0 Å². The van der Waals surface area contributed by atoms with Crippen LogP contribution in [0.2, 0.25) is 0 Å². The Kier molecular flexibility index (Phi) is 8.19. The van der Waals surface area contributed by atoms with Crippen molar-refractivity contribution in [1.82, 2.24) is 16.0 Å². The highest BCUT2D eigenvalue weighted by Gasteiger charge is 2.29. The minimum absolute atomic E-state index is 0.551. The monoisotopic (exact) mass is 332 g/mol. The second kappa shape index (κ2) is 9.06. The van der Waals surface area contributed by atoms with Crippen LogP contribution in [0.5, 0.6) is 0 Å². The van der Waals surface area contributed by atoms with Gasteiger partial charge in [0.05, 0.1) is 12.1 Å². The smallest absolute Gasteiger partial charge is 0.325 e. The van der Waals surface area contributed by atoms with Crippen molar-refractivity contribution in [2.24, 2.45) is 5.73 Å². The Morgan fingerprint density at radius 3 is 1.70 bits per heavy atom. The number of nitrogens with one attached hydrogen (secondary N) is 3. The molecule has 0 aromatic heterocycles. The van der Waals surface area contributed by atoms with Crippen LogP contribution < -0.4 is 21.7 Å². The number of hydrogen-bond donors (Lipinski definition) is 6. The quantitative estimate of drug-likeness (QED) is 0.280. The number of carbonyl (C=O) groups excluding carboxylic acids is 3. The summed E-state index contributed by atoms with van der Waals surface area (Å²) in [6, 6.07) is -4.34. The van der Waals surface area contributed by atoms with E-state index in [9.17, 15) is 24.3 Å². The molecule has 0 aliphatic carbocycles. The van der Waals surface area contributed by atoms with Gasteiger partial charge in [-0.1, -0.05) is 0 Å². The van der Waals surface area contributed by atoms with Gasteiger partial charge in [-0.25, -0.2) is 0 Å². The summed E-state index contributed by atoms with van der Waals surface area (Å²) in [6.45, 7) is 5.33. The van der Waals surface area contributed by atoms with Crippen molar-refractivity contribution < 1.29 is 29.4 Å². The van der Waals surface area contributed by atoms with Gasteiger partial charge in [0.15, 0.2) is 0 Å². The minimum Gasteiger partial charge on any atom is -0.480 e. The lowest BCUT2D eigenvalue weighted by Gasteiger charge is -2.24. The second-order valence-electron chi connectivity index (χ2n) is 5.31. The summed E-state index contributed by atoms with van der Waals surface area (Å²) in [6.07, 6.45) is -1.27. The largest absolute Gasteiger partial charge is 0.480 e. The molecular formula is C13H24N4O6. The molecule has 7 N–H and O–H groups in total. The van der Waals surface area contributed by atoms with Crippen LogP contribution in [-0.4, -0.2) is 64.2 Å². The fraction of sp³-hybridized carbons (Fsp3) is 0.692. The molecule has 5 unspecified atom stereocenters. The van der Waals surface area contributed by atoms with Crippen molar-refractivity contribution >= 4 is 23.7 Å². The molecule has 23 heavy (non-hydrogen) atoms. The third-order valence-electron chi connectivity index (χ3n) is 2.96. The molecule has 10 nitrogen and oxygen atoms in total. The lowest BCUT2D eigenvalue weighted by Crippen LogP contribution is -2.58. The van der Waals surface area contributed by atoms with Crippen molar-refractivity contribution in [3.05, 3.63) is 0 Å². The van der Waals surface area contributed by atoms with E-state index < -0.39 is 54.0 Å². The summed E-state index contributed by atoms with van der Waals surface area (Å²) < 4.78 is 0. The van der Waals surface area contributed by atoms with Crippen LogP contribution in [0.1, 0.15) is 27.7 Å². The molecule has 3 amide bonds. The number of nitrogens with two attached hydrogens (primary N) is 1. The van der Waals surface area contributed by atoms with Crippen molar-refractivity contribution in [3.8, 4) is 0 Å². The summed E-state index contributed by atoms with van der Waals surface area (Å²) >= 11 is 0. The first-order chi connectivity index (χ1) is 10.5. The second-order valence-corrected chi connectivity index (χ2v) is 5.31. The maximum atomic E-state index is 12.0. The number of carboxylic acid groups (broad SMARTS) is 1. The maximum absolute atomic E-state index is 12.0. The molecule has 0 saturated heterocycles. The molecule has 132 valence electrons. The summed E-state index contributed by atoms with van der Waals surface area (Å²) in [7, 11) is 0. The third kappa shape index (κ3) is 7.06. The van der Waals surface area contributed by atoms with E-state index in [0.29, 0.717) is 0 Å². The average molecular weight is 332 g/mol. The molecule has 0 rings (SSSR count). The van der Waals surface area contributed by atoms with Crippen molar-refractivity contribution in [3.63, 3.8) is 0 Å². The Labute approximate surface area is 133 Å². The van der Waals surface area contributed by atoms with E-state index in [1.165, 1.54) is 27.7 Å². The molecule has 0 aromatic rings. The van der Waals surface area contributed by atoms with E-state index >= 15 is 0 Å². The first-order valence-electron chi connectivity index (χ1n) is 7.05. The summed E-state index contributed by atoms with van der Waals surface area (Å²) in [4.78, 5) is 46.0. The number of aliphatic carboxylic acids is 1. The van der Waals surface area contributed by atoms with Crippen molar-refractivity contribution in [1.29, 1.82) is 0 Å². The predicted molar refractivity (Wildman–Crippen MR) is 80.1 cm³/mol. The van der Waals surface area contributed by atoms with E-state index in [-0.39, 0.29) is 0 Å². The third-order valence-corrected chi connectivity index (χ3v) is 2.96. The number of hydrogen-bond acceptors (Lipinski definition) is 6. The van der Waals surface area contributed by atoms with Gasteiger partial charge in [-0.05, 0) is 27.7 Å². The normalized spacial score (nSPS) is 17.1. The molecule has 0 aliphatic rings. The molecule has 0 fully saturated rings. The summed E-state index contributed by atoms with van der Waals surface area (Å²) in [5.74, 6) is -3.38. The van der Waals surface area contributed by atoms with Crippen LogP contribution in [0.15, 0.2) is 0 Å². The van der Waals surface area contributed by atoms with E-state index in [1.807, 2.05) is 0 Å². The Bertz CT molecular complexity index is 465. The standard InChI is InChI=1S/C13H24N4O6/c1-5(14)10(19)15-6(2)11(20)17-9(8(4)18)12(21)16-7(3)13(22)23/h5-9,18H,14H2,1-4H3,(H,15,19)(H,16,21)(H,17,20)(H,22,23). The molecule has 0 radical (unpaired) electrons. The Morgan fingerprint density at radius 2 is 1.30 bits per heavy atom. The zero-order valence-corrected chi connectivity index (χ0v) is 13.5. The Morgan fingerprint density at radius 1 is 0.826 bits per heavy atom. The number of rotatable bonds is 8. The zero-order chi connectivity index (χ0) is 18.3. The number of aliphatic hydroxyl groups is 1. The molecule has 5 atom stereocenters. The summed E-state index contributed by atoms with van der Waals surface area (Å²) in [5.41, 5.74) is 5.36. The highest BCUT2D eigenvalue weighted by atomic mass is 16.4. The molecule has 0 saturated carbocycles. The topological polar surface area (TPSA) is 171 Å². The van der Waals surface area contributed by atoms with Crippen LogP contribution in [-0.2, 0) is 19.2 Å². The van der Waals surface area contributed by atoms with Gasteiger partial charge in [0.2, 0.25) is 17.7 Å². The molecule has 0 heterocycles. The molecule has 0 aromatic carbocycles. The lowest BCUT2D eigenvalue weighted by molar-refractivity contribution is -0.142. The fourth-order valence-corrected chi connectivity index (χ4v) is 1.46. The van der Waals surface area contributed by atoms with E-state index in [4.69, 9.17) is 10.8 Å². The van der Waals surface area contributed by atoms with Crippen LogP contribution in [0.4, 0.5) is 0 Å². The molecular weight excluding hydrogens is 308 g/mol. The Balaban J connectivity index is 4.81. The number of amides is 3. The number of carbonyl (C=O) groups is 4. The molecule has 0 aliphatic heterocycles. The van der Waals surface area contributed by atoms with Crippen molar-refractivity contribution in [2.45, 2.75) is 58.0 Å². The maximum Gasteiger partial charge on any atom is 0.325 e. The summed E-state index contributed by atoms with van der Waals surface area (Å²) in [5, 5.41) is 25.1. The Hall–Kier alpha value is -2.20. The van der Waals surface area contributed by atoms with E-state index in [1.54, 1.807) is 0 Å². The fourth-order valence-electron chi connectivity index (χ4n) is 1.46. The van der Waals surface area contributed by atoms with Gasteiger partial charge < -0.3 is 31.9 Å². The van der Waals surface area contributed by atoms with Gasteiger partial charge >= 0.3 is 5.97 Å². The van der Waals surface area contributed by atoms with Gasteiger partial charge in [0.1, 0.15) is 18.1 Å². The van der Waals surface area contributed by atoms with Crippen molar-refractivity contribution in [2.75, 3.05) is 0 Å². The first-order valence-corrected chi connectivity index (χ1v) is 7.05. The van der Waals surface area contributed by atoms with Gasteiger partial charge in [0, 0.05) is 0 Å². The van der Waals surface area contributed by atoms with Gasteiger partial charge in [-0.3, -0.25) is 19.2 Å². The van der Waals surface area contributed by atoms with Gasteiger partial charge in [0.25, 0.3) is 0 Å². The predicted octanol–water partition coefficient (Wildman–Crippen LogP) is -2.71. The average Bonchev–Trinajstić information content (AvgIpc) is 2.43. The van der Waals surface area contributed by atoms with Crippen LogP contribution in [0, 0.1) is 0 Å². The van der Waals surface area contributed by atoms with Crippen LogP contribution in [0.25, 0.3) is 0 Å². The minimum atomic E-state index is -1.36. The van der Waals surface area contributed by atoms with E-state index in [2.05, 4.69) is 16.0 Å². The number of aliphatic hydroxyl groups excluding tert-OH is 1. The first kappa shape index (κ1) is 20.8. The highest BCUT2D eigenvalue weighted by Crippen LogP contribution is 1.97. The molecule has 0 bridgehead atoms. The lowest BCUT2D eigenvalue weighted by atomic mass is 10.1. The van der Waals surface area contributed by atoms with E-state index in [0.717, 1.165) is 0 Å². The highest BCUT2D eigenvalue weighted by molar-refractivity contribution is 5.94. The molecule has 0 spiro atoms. The zero-order valence-electron chi connectivity index (χ0n) is 13.5. The van der Waals surface area contributed by atoms with Crippen LogP contribution >= 0.6 is 0 Å². The molecule has 10 heteroatoms. The van der Waals surface area contributed by atoms with Crippen LogP contribution in [0.3, 0.4) is 0 Å².